The number of nitrogens with zero attached hydrogens (tertiary/aromatic N) is 3. The van der Waals surface area contributed by atoms with Gasteiger partial charge in [-0.2, -0.15) is 0 Å². The molecule has 6 nitrogen and oxygen atoms in total. The summed E-state index contributed by atoms with van der Waals surface area (Å²) in [5.41, 5.74) is 2.05. The van der Waals surface area contributed by atoms with E-state index >= 15 is 0 Å². The predicted molar refractivity (Wildman–Crippen MR) is 120 cm³/mol. The lowest BCUT2D eigenvalue weighted by Gasteiger charge is -2.35. The van der Waals surface area contributed by atoms with E-state index in [0.29, 0.717) is 29.2 Å². The second-order valence-corrected chi connectivity index (χ2v) is 8.52. The van der Waals surface area contributed by atoms with Gasteiger partial charge in [-0.25, -0.2) is 9.37 Å². The zero-order chi connectivity index (χ0) is 22.0. The summed E-state index contributed by atoms with van der Waals surface area (Å²) >= 11 is 1.24. The molecule has 0 radical (unpaired) electrons. The fourth-order valence-electron chi connectivity index (χ4n) is 3.93. The number of carbonyl (C=O) groups is 1. The van der Waals surface area contributed by atoms with Crippen molar-refractivity contribution >= 4 is 34.3 Å². The molecule has 8 heteroatoms. The third-order valence-electron chi connectivity index (χ3n) is 5.51. The number of carbonyl (C=O) groups excluding carboxylic acids is 1. The van der Waals surface area contributed by atoms with Crippen LogP contribution in [0.4, 0.5) is 10.1 Å². The maximum absolute atomic E-state index is 13.6. The molecule has 162 valence electrons. The molecule has 4 rings (SSSR count). The van der Waals surface area contributed by atoms with Crippen LogP contribution >= 0.6 is 11.8 Å². The quantitative estimate of drug-likeness (QED) is 0.432. The molecule has 0 spiro atoms. The number of para-hydroxylation sites is 1. The van der Waals surface area contributed by atoms with Crippen LogP contribution in [0.5, 0.6) is 0 Å². The number of anilines is 1. The van der Waals surface area contributed by atoms with E-state index < -0.39 is 0 Å². The van der Waals surface area contributed by atoms with Crippen molar-refractivity contribution in [1.82, 2.24) is 9.55 Å². The van der Waals surface area contributed by atoms with Gasteiger partial charge in [-0.1, -0.05) is 23.9 Å². The number of aromatic nitrogens is 2. The molecule has 1 aliphatic rings. The van der Waals surface area contributed by atoms with Gasteiger partial charge in [0.05, 0.1) is 29.8 Å². The molecule has 1 aliphatic heterocycles. The number of rotatable bonds is 6. The molecule has 0 saturated carbocycles. The van der Waals surface area contributed by atoms with Crippen molar-refractivity contribution < 1.29 is 13.9 Å². The van der Waals surface area contributed by atoms with Gasteiger partial charge in [0.1, 0.15) is 5.82 Å². The largest absolute Gasteiger partial charge is 0.383 e. The minimum Gasteiger partial charge on any atom is -0.383 e. The number of benzene rings is 2. The van der Waals surface area contributed by atoms with Gasteiger partial charge in [0.25, 0.3) is 5.56 Å². The Morgan fingerprint density at radius 2 is 2.10 bits per heavy atom. The van der Waals surface area contributed by atoms with Crippen LogP contribution in [0, 0.1) is 5.82 Å². The fourth-order valence-corrected chi connectivity index (χ4v) is 4.82. The Hall–Kier alpha value is -2.71. The molecule has 0 aliphatic carbocycles. The van der Waals surface area contributed by atoms with Gasteiger partial charge >= 0.3 is 0 Å². The normalized spacial score (nSPS) is 15.8. The molecule has 1 atom stereocenters. The van der Waals surface area contributed by atoms with E-state index in [1.165, 1.54) is 23.9 Å². The SMILES string of the molecule is COCCn1c(SCC(=O)N2c3ccc(F)cc3CCC2C)nc2ccccc2c1=O. The Kier molecular flexibility index (Phi) is 6.38. The highest BCUT2D eigenvalue weighted by Crippen LogP contribution is 2.32. The molecule has 2 heterocycles. The first-order chi connectivity index (χ1) is 15.0. The number of ether oxygens (including phenoxy) is 1. The van der Waals surface area contributed by atoms with E-state index in [0.717, 1.165) is 24.1 Å². The summed E-state index contributed by atoms with van der Waals surface area (Å²) in [4.78, 5) is 32.5. The highest BCUT2D eigenvalue weighted by atomic mass is 32.2. The smallest absolute Gasteiger partial charge is 0.262 e. The van der Waals surface area contributed by atoms with Gasteiger partial charge in [-0.3, -0.25) is 14.2 Å². The fraction of sp³-hybridized carbons (Fsp3) is 0.348. The maximum Gasteiger partial charge on any atom is 0.262 e. The summed E-state index contributed by atoms with van der Waals surface area (Å²) in [7, 11) is 1.58. The number of amides is 1. The lowest BCUT2D eigenvalue weighted by molar-refractivity contribution is -0.116. The Morgan fingerprint density at radius 3 is 2.90 bits per heavy atom. The van der Waals surface area contributed by atoms with Crippen molar-refractivity contribution in [2.75, 3.05) is 24.4 Å². The third kappa shape index (κ3) is 4.36. The summed E-state index contributed by atoms with van der Waals surface area (Å²) in [6.45, 7) is 2.72. The van der Waals surface area contributed by atoms with Gasteiger partial charge in [0.15, 0.2) is 5.16 Å². The van der Waals surface area contributed by atoms with Crippen molar-refractivity contribution in [2.24, 2.45) is 0 Å². The molecule has 1 aromatic heterocycles. The summed E-state index contributed by atoms with van der Waals surface area (Å²) in [5.74, 6) is -0.262. The van der Waals surface area contributed by atoms with Gasteiger partial charge in [0, 0.05) is 18.8 Å². The summed E-state index contributed by atoms with van der Waals surface area (Å²) in [6, 6.07) is 11.8. The van der Waals surface area contributed by atoms with E-state index in [9.17, 15) is 14.0 Å². The van der Waals surface area contributed by atoms with Crippen molar-refractivity contribution in [3.63, 3.8) is 0 Å². The molecule has 0 N–H and O–H groups in total. The Bertz CT molecular complexity index is 1180. The monoisotopic (exact) mass is 441 g/mol. The van der Waals surface area contributed by atoms with Gasteiger partial charge in [-0.15, -0.1) is 0 Å². The molecule has 1 amide bonds. The molecule has 0 bridgehead atoms. The van der Waals surface area contributed by atoms with Crippen LogP contribution in [0.25, 0.3) is 10.9 Å². The van der Waals surface area contributed by atoms with E-state index in [1.807, 2.05) is 13.0 Å². The minimum atomic E-state index is -0.294. The van der Waals surface area contributed by atoms with Gasteiger partial charge in [-0.05, 0) is 55.7 Å². The van der Waals surface area contributed by atoms with Gasteiger partial charge in [0.2, 0.25) is 5.91 Å². The predicted octanol–water partition coefficient (Wildman–Crippen LogP) is 3.64. The second kappa shape index (κ2) is 9.20. The molecule has 1 unspecified atom stereocenters. The third-order valence-corrected chi connectivity index (χ3v) is 6.47. The van der Waals surface area contributed by atoms with Crippen LogP contribution in [-0.4, -0.2) is 41.0 Å². The lowest BCUT2D eigenvalue weighted by Crippen LogP contribution is -2.43. The molecule has 0 saturated heterocycles. The van der Waals surface area contributed by atoms with Crippen molar-refractivity contribution in [3.8, 4) is 0 Å². The van der Waals surface area contributed by atoms with Crippen LogP contribution in [0.3, 0.4) is 0 Å². The van der Waals surface area contributed by atoms with Crippen molar-refractivity contribution in [1.29, 1.82) is 0 Å². The van der Waals surface area contributed by atoms with Crippen LogP contribution in [0.15, 0.2) is 52.4 Å². The van der Waals surface area contributed by atoms with E-state index in [-0.39, 0.29) is 29.1 Å². The van der Waals surface area contributed by atoms with Crippen LogP contribution in [0.2, 0.25) is 0 Å². The number of fused-ring (bicyclic) bond motifs is 2. The average molecular weight is 442 g/mol. The highest BCUT2D eigenvalue weighted by molar-refractivity contribution is 7.99. The summed E-state index contributed by atoms with van der Waals surface area (Å²) in [6.07, 6.45) is 1.52. The number of methoxy groups -OCH3 is 1. The minimum absolute atomic E-state index is 0.0197. The average Bonchev–Trinajstić information content (AvgIpc) is 2.77. The molecule has 0 fully saturated rings. The van der Waals surface area contributed by atoms with E-state index in [4.69, 9.17) is 4.74 Å². The Morgan fingerprint density at radius 1 is 1.29 bits per heavy atom. The van der Waals surface area contributed by atoms with E-state index in [2.05, 4.69) is 4.98 Å². The number of thioether (sulfide) groups is 1. The molecule has 3 aromatic rings. The zero-order valence-corrected chi connectivity index (χ0v) is 18.3. The molecule has 31 heavy (non-hydrogen) atoms. The first-order valence-electron chi connectivity index (χ1n) is 10.2. The lowest BCUT2D eigenvalue weighted by atomic mass is 9.96. The highest BCUT2D eigenvalue weighted by Gasteiger charge is 2.28. The van der Waals surface area contributed by atoms with E-state index in [1.54, 1.807) is 40.8 Å². The standard InChI is InChI=1S/C23H24FN3O3S/c1-15-7-8-16-13-17(24)9-10-20(16)27(15)21(28)14-31-23-25-19-6-4-3-5-18(19)22(29)26(23)11-12-30-2/h3-6,9-10,13,15H,7-8,11-12,14H2,1-2H3. The molecule has 2 aromatic carbocycles. The Labute approximate surface area is 184 Å². The number of halogens is 1. The van der Waals surface area contributed by atoms with Crippen LogP contribution in [-0.2, 0) is 22.5 Å². The van der Waals surface area contributed by atoms with Gasteiger partial charge < -0.3 is 9.64 Å². The number of hydrogen-bond acceptors (Lipinski definition) is 5. The Balaban J connectivity index is 1.62. The van der Waals surface area contributed by atoms with Crippen LogP contribution < -0.4 is 10.5 Å². The van der Waals surface area contributed by atoms with Crippen molar-refractivity contribution in [2.45, 2.75) is 37.5 Å². The first-order valence-corrected chi connectivity index (χ1v) is 11.2. The van der Waals surface area contributed by atoms with Crippen LogP contribution in [0.1, 0.15) is 18.9 Å². The summed E-state index contributed by atoms with van der Waals surface area (Å²) in [5, 5.41) is 1.02. The molecular weight excluding hydrogens is 417 g/mol. The maximum atomic E-state index is 13.6. The number of aryl methyl sites for hydroxylation is 1. The number of hydrogen-bond donors (Lipinski definition) is 0. The molecular formula is C23H24FN3O3S. The first kappa shape index (κ1) is 21.5. The van der Waals surface area contributed by atoms with Crippen molar-refractivity contribution in [3.05, 3.63) is 64.2 Å². The topological polar surface area (TPSA) is 64.4 Å². The second-order valence-electron chi connectivity index (χ2n) is 7.57. The zero-order valence-electron chi connectivity index (χ0n) is 17.5. The summed E-state index contributed by atoms with van der Waals surface area (Å²) < 4.78 is 20.4.